The highest BCUT2D eigenvalue weighted by atomic mass is 32.1. The highest BCUT2D eigenvalue weighted by Crippen LogP contribution is 2.32. The van der Waals surface area contributed by atoms with E-state index in [1.54, 1.807) is 56.6 Å². The zero-order valence-corrected chi connectivity index (χ0v) is 33.8. The number of aryl methyl sites for hydroxylation is 4. The van der Waals surface area contributed by atoms with Gasteiger partial charge in [-0.25, -0.2) is 9.78 Å². The van der Waals surface area contributed by atoms with Gasteiger partial charge in [0.05, 0.1) is 48.0 Å². The number of carbonyl (C=O) groups excluding carboxylic acids is 4. The lowest BCUT2D eigenvalue weighted by Crippen LogP contribution is -2.20. The first-order chi connectivity index (χ1) is 27.9. The van der Waals surface area contributed by atoms with Crippen LogP contribution in [0.25, 0.3) is 21.3 Å². The molecule has 6 rings (SSSR count). The summed E-state index contributed by atoms with van der Waals surface area (Å²) in [4.78, 5) is 61.7. The fourth-order valence-electron chi connectivity index (χ4n) is 6.42. The number of allylic oxidation sites excluding steroid dienone is 2. The van der Waals surface area contributed by atoms with Crippen molar-refractivity contribution in [2.75, 3.05) is 32.8 Å². The topological polar surface area (TPSA) is 225 Å². The number of aromatic nitrogens is 7. The zero-order valence-electron chi connectivity index (χ0n) is 32.9. The summed E-state index contributed by atoms with van der Waals surface area (Å²) < 4.78 is 24.1. The first kappa shape index (κ1) is 41.0. The van der Waals surface area contributed by atoms with Crippen LogP contribution in [-0.2, 0) is 30.9 Å². The molecule has 3 amide bonds. The minimum absolute atomic E-state index is 0.113. The number of nitrogens with zero attached hydrogens (tertiary/aromatic N) is 8. The van der Waals surface area contributed by atoms with Gasteiger partial charge >= 0.3 is 5.97 Å². The third-order valence-electron chi connectivity index (χ3n) is 9.05. The number of nitrogens with one attached hydrogen (secondary N) is 1. The molecule has 4 aromatic heterocycles. The molecule has 0 atom stereocenters. The Morgan fingerprint density at radius 2 is 1.53 bits per heavy atom. The van der Waals surface area contributed by atoms with Crippen molar-refractivity contribution in [2.24, 2.45) is 10.7 Å². The van der Waals surface area contributed by atoms with Gasteiger partial charge in [0, 0.05) is 44.8 Å². The number of anilines is 1. The summed E-state index contributed by atoms with van der Waals surface area (Å²) in [6.45, 7) is 8.66. The molecule has 0 unspecified atom stereocenters. The van der Waals surface area contributed by atoms with Gasteiger partial charge in [-0.2, -0.15) is 15.2 Å². The van der Waals surface area contributed by atoms with Crippen LogP contribution in [0.2, 0.25) is 0 Å². The van der Waals surface area contributed by atoms with Crippen LogP contribution in [0.3, 0.4) is 0 Å². The van der Waals surface area contributed by atoms with Crippen molar-refractivity contribution >= 4 is 62.2 Å². The molecule has 0 saturated heterocycles. The molecule has 0 saturated carbocycles. The molecule has 0 aliphatic carbocycles. The molecule has 19 heteroatoms. The van der Waals surface area contributed by atoms with Crippen LogP contribution in [0.1, 0.15) is 73.3 Å². The Kier molecular flexibility index (Phi) is 12.5. The van der Waals surface area contributed by atoms with Gasteiger partial charge in [0.1, 0.15) is 33.9 Å². The second-order valence-corrected chi connectivity index (χ2v) is 14.0. The molecular weight excluding hydrogens is 769 g/mol. The average Bonchev–Trinajstić information content (AvgIpc) is 3.97. The van der Waals surface area contributed by atoms with Crippen LogP contribution in [-0.4, -0.2) is 89.9 Å². The molecule has 4 heterocycles. The molecular formula is C39H44N10O8S. The van der Waals surface area contributed by atoms with Gasteiger partial charge in [-0.1, -0.05) is 23.5 Å². The molecule has 0 aliphatic rings. The van der Waals surface area contributed by atoms with E-state index in [0.717, 1.165) is 0 Å². The third kappa shape index (κ3) is 8.40. The number of amides is 3. The Balaban J connectivity index is 1.45. The van der Waals surface area contributed by atoms with Gasteiger partial charge in [0.15, 0.2) is 4.80 Å². The Morgan fingerprint density at radius 1 is 0.879 bits per heavy atom. The van der Waals surface area contributed by atoms with E-state index in [-0.39, 0.29) is 49.1 Å². The molecule has 0 aliphatic heterocycles. The molecule has 6 aromatic rings. The summed E-state index contributed by atoms with van der Waals surface area (Å²) in [6, 6.07) is 9.61. The number of carbonyl (C=O) groups is 4. The number of fused-ring (bicyclic) bond motifs is 2. The number of esters is 1. The van der Waals surface area contributed by atoms with Crippen LogP contribution < -0.4 is 25.3 Å². The Morgan fingerprint density at radius 3 is 2.17 bits per heavy atom. The van der Waals surface area contributed by atoms with Crippen LogP contribution in [0.15, 0.2) is 53.5 Å². The summed E-state index contributed by atoms with van der Waals surface area (Å²) in [5, 5.41) is 21.1. The number of rotatable bonds is 16. The Labute approximate surface area is 336 Å². The van der Waals surface area contributed by atoms with Gasteiger partial charge in [0.2, 0.25) is 11.9 Å². The largest absolute Gasteiger partial charge is 0.494 e. The number of primary amides is 1. The SMILES string of the molecule is CCn1nc(C)cc1C(=O)/N=c1\sc2cc(C(=O)OC)cc(OC)c2n1C/C=C/Cn1c(NC(=O)c2cc(C)nn2CC)nc2cc(C(N)=O)cc(OCCCO)c21. The minimum Gasteiger partial charge on any atom is -0.494 e. The average molecular weight is 813 g/mol. The van der Waals surface area contributed by atoms with E-state index in [1.807, 2.05) is 26.0 Å². The van der Waals surface area contributed by atoms with E-state index in [1.165, 1.54) is 37.7 Å². The van der Waals surface area contributed by atoms with Crippen LogP contribution in [0.4, 0.5) is 5.95 Å². The molecule has 0 radical (unpaired) electrons. The molecule has 0 spiro atoms. The van der Waals surface area contributed by atoms with Crippen molar-refractivity contribution < 1.29 is 38.5 Å². The fourth-order valence-corrected chi connectivity index (χ4v) is 7.51. The van der Waals surface area contributed by atoms with E-state index in [2.05, 4.69) is 20.5 Å². The van der Waals surface area contributed by atoms with Gasteiger partial charge < -0.3 is 34.2 Å². The normalized spacial score (nSPS) is 11.9. The van der Waals surface area contributed by atoms with E-state index in [9.17, 15) is 24.3 Å². The summed E-state index contributed by atoms with van der Waals surface area (Å²) in [6.07, 6.45) is 4.01. The van der Waals surface area contributed by atoms with Gasteiger partial charge in [0.25, 0.3) is 11.8 Å². The lowest BCUT2D eigenvalue weighted by Gasteiger charge is -2.13. The second kappa shape index (κ2) is 17.7. The van der Waals surface area contributed by atoms with Gasteiger partial charge in [-0.05, 0) is 64.1 Å². The number of hydrogen-bond acceptors (Lipinski definition) is 12. The lowest BCUT2D eigenvalue weighted by molar-refractivity contribution is 0.0600. The number of nitrogens with two attached hydrogens (primary N) is 1. The maximum absolute atomic E-state index is 13.7. The van der Waals surface area contributed by atoms with Crippen molar-refractivity contribution in [3.63, 3.8) is 0 Å². The van der Waals surface area contributed by atoms with Crippen LogP contribution in [0, 0.1) is 13.8 Å². The lowest BCUT2D eigenvalue weighted by atomic mass is 10.1. The minimum atomic E-state index is -0.695. The molecule has 4 N–H and O–H groups in total. The van der Waals surface area contributed by atoms with Gasteiger partial charge in [-0.3, -0.25) is 29.1 Å². The Bertz CT molecular complexity index is 2640. The van der Waals surface area contributed by atoms with E-state index in [0.29, 0.717) is 74.1 Å². The third-order valence-corrected chi connectivity index (χ3v) is 10.1. The summed E-state index contributed by atoms with van der Waals surface area (Å²) in [5.74, 6) is -1.38. The summed E-state index contributed by atoms with van der Waals surface area (Å²) in [7, 11) is 2.77. The molecule has 0 fully saturated rings. The predicted octanol–water partition coefficient (Wildman–Crippen LogP) is 4.01. The summed E-state index contributed by atoms with van der Waals surface area (Å²) >= 11 is 1.21. The quantitative estimate of drug-likeness (QED) is 0.0719. The van der Waals surface area contributed by atoms with Crippen LogP contribution in [0.5, 0.6) is 11.5 Å². The molecule has 304 valence electrons. The number of thiazole rings is 1. The molecule has 2 aromatic carbocycles. The Hall–Kier alpha value is -6.60. The highest BCUT2D eigenvalue weighted by molar-refractivity contribution is 7.16. The summed E-state index contributed by atoms with van der Waals surface area (Å²) in [5.41, 5.74) is 9.50. The van der Waals surface area contributed by atoms with E-state index in [4.69, 9.17) is 24.9 Å². The maximum atomic E-state index is 13.7. The van der Waals surface area contributed by atoms with Crippen LogP contribution >= 0.6 is 11.3 Å². The smallest absolute Gasteiger partial charge is 0.338 e. The fraction of sp³-hybridized carbons (Fsp3) is 0.333. The van der Waals surface area contributed by atoms with E-state index >= 15 is 0 Å². The number of hydrogen-bond donors (Lipinski definition) is 3. The van der Waals surface area contributed by atoms with Crippen molar-refractivity contribution in [1.82, 2.24) is 33.7 Å². The highest BCUT2D eigenvalue weighted by Gasteiger charge is 2.23. The van der Waals surface area contributed by atoms with Crippen molar-refractivity contribution in [2.45, 2.75) is 60.3 Å². The number of benzene rings is 2. The maximum Gasteiger partial charge on any atom is 0.338 e. The van der Waals surface area contributed by atoms with E-state index < -0.39 is 23.7 Å². The number of imidazole rings is 1. The molecule has 18 nitrogen and oxygen atoms in total. The number of methoxy groups -OCH3 is 2. The number of ether oxygens (including phenoxy) is 3. The number of aliphatic hydroxyl groups is 1. The molecule has 0 bridgehead atoms. The van der Waals surface area contributed by atoms with Crippen molar-refractivity contribution in [1.29, 1.82) is 0 Å². The first-order valence-electron chi connectivity index (χ1n) is 18.4. The van der Waals surface area contributed by atoms with Gasteiger partial charge in [-0.15, -0.1) is 0 Å². The second-order valence-electron chi connectivity index (χ2n) is 13.0. The van der Waals surface area contributed by atoms with Crippen molar-refractivity contribution in [3.05, 3.63) is 87.3 Å². The monoisotopic (exact) mass is 812 g/mol. The first-order valence-corrected chi connectivity index (χ1v) is 19.2. The molecule has 58 heavy (non-hydrogen) atoms. The number of aliphatic hydroxyl groups excluding tert-OH is 1. The zero-order chi connectivity index (χ0) is 41.7. The predicted molar refractivity (Wildman–Crippen MR) is 215 cm³/mol. The van der Waals surface area contributed by atoms with Crippen molar-refractivity contribution in [3.8, 4) is 11.5 Å². The standard InChI is InChI=1S/C39H44N10O8S/c1-7-48-27(16-22(3)44-48)35(52)42-38-41-26-18-24(34(40)51)19-30(57-15-11-14-50)32(26)46(38)12-9-10-13-47-33-29(55-5)20-25(37(54)56-6)21-31(33)58-39(47)43-36(53)28-17-23(4)45-49(28)8-2/h9-10,16-21,50H,7-8,11-15H2,1-6H3,(H2,40,51)(H,41,42,52)/b10-9+,43-39-.